The van der Waals surface area contributed by atoms with Crippen molar-refractivity contribution in [3.63, 3.8) is 0 Å². The monoisotopic (exact) mass is 582 g/mol. The molecule has 26 heavy (non-hydrogen) atoms. The molecule has 0 radical (unpaired) electrons. The molecule has 0 aromatic heterocycles. The summed E-state index contributed by atoms with van der Waals surface area (Å²) in [4.78, 5) is 24.8. The van der Waals surface area contributed by atoms with Gasteiger partial charge in [-0.2, -0.15) is 0 Å². The van der Waals surface area contributed by atoms with Gasteiger partial charge in [-0.3, -0.25) is 0 Å². The van der Waals surface area contributed by atoms with E-state index in [1.54, 1.807) is 13.0 Å². The second-order valence-corrected chi connectivity index (χ2v) is 9.27. The van der Waals surface area contributed by atoms with Crippen LogP contribution < -0.4 is 4.74 Å². The summed E-state index contributed by atoms with van der Waals surface area (Å²) in [6, 6.07) is 3.65. The Morgan fingerprint density at radius 3 is 2.08 bits per heavy atom. The van der Waals surface area contributed by atoms with E-state index in [-0.39, 0.29) is 5.57 Å². The van der Waals surface area contributed by atoms with Crippen LogP contribution in [0.1, 0.15) is 33.3 Å². The Bertz CT molecular complexity index is 747. The first kappa shape index (κ1) is 21.2. The van der Waals surface area contributed by atoms with Crippen LogP contribution in [-0.2, 0) is 19.1 Å². The topological polar surface area (TPSA) is 61.8 Å². The number of carbonyl (C=O) groups excluding carboxylic acids is 2. The fourth-order valence-electron chi connectivity index (χ4n) is 2.10. The van der Waals surface area contributed by atoms with Crippen LogP contribution in [0.25, 0.3) is 6.08 Å². The molecule has 0 saturated carbocycles. The Morgan fingerprint density at radius 1 is 1.15 bits per heavy atom. The van der Waals surface area contributed by atoms with Gasteiger partial charge in [0.1, 0.15) is 17.9 Å². The molecule has 1 fully saturated rings. The van der Waals surface area contributed by atoms with Crippen molar-refractivity contribution in [2.45, 2.75) is 33.5 Å². The summed E-state index contributed by atoms with van der Waals surface area (Å²) in [5.74, 6) is -1.93. The zero-order valence-electron chi connectivity index (χ0n) is 15.0. The maximum atomic E-state index is 12.4. The van der Waals surface area contributed by atoms with Gasteiger partial charge >= 0.3 is 11.9 Å². The third-order valence-corrected chi connectivity index (χ3v) is 5.66. The van der Waals surface area contributed by atoms with Crippen LogP contribution in [0.15, 0.2) is 30.4 Å². The summed E-state index contributed by atoms with van der Waals surface area (Å²) in [6.07, 6.45) is 3.15. The first-order chi connectivity index (χ1) is 12.0. The Morgan fingerprint density at radius 2 is 1.65 bits per heavy atom. The molecule has 2 rings (SSSR count). The molecule has 1 aliphatic heterocycles. The Kier molecular flexibility index (Phi) is 6.42. The summed E-state index contributed by atoms with van der Waals surface area (Å²) >= 11 is 4.29. The minimum Gasteiger partial charge on any atom is -0.487 e. The number of hydrogen-bond donors (Lipinski definition) is 0. The number of benzene rings is 1. The van der Waals surface area contributed by atoms with Crippen molar-refractivity contribution in [2.75, 3.05) is 6.61 Å². The number of rotatable bonds is 4. The van der Waals surface area contributed by atoms with Gasteiger partial charge in [-0.25, -0.2) is 9.59 Å². The molecule has 0 N–H and O–H groups in total. The minimum atomic E-state index is -1.30. The molecule has 0 amide bonds. The van der Waals surface area contributed by atoms with E-state index in [0.717, 1.165) is 12.9 Å². The fraction of sp³-hybridized carbons (Fsp3) is 0.368. The van der Waals surface area contributed by atoms with Crippen molar-refractivity contribution in [3.05, 3.63) is 43.1 Å². The third kappa shape index (κ3) is 4.41. The molecular formula is C19H20I2O5. The van der Waals surface area contributed by atoms with E-state index in [1.165, 1.54) is 6.08 Å². The van der Waals surface area contributed by atoms with E-state index < -0.39 is 23.1 Å². The predicted octanol–water partition coefficient (Wildman–Crippen LogP) is 4.71. The first-order valence-electron chi connectivity index (χ1n) is 7.89. The normalized spacial score (nSPS) is 20.3. The average molecular weight is 582 g/mol. The molecular weight excluding hydrogens is 562 g/mol. The van der Waals surface area contributed by atoms with Crippen molar-refractivity contribution in [2.24, 2.45) is 5.41 Å². The summed E-state index contributed by atoms with van der Waals surface area (Å²) in [5.41, 5.74) is 0.0183. The van der Waals surface area contributed by atoms with E-state index in [1.807, 2.05) is 32.9 Å². The Hall–Kier alpha value is -1.10. The van der Waals surface area contributed by atoms with Gasteiger partial charge in [0.15, 0.2) is 0 Å². The zero-order valence-corrected chi connectivity index (χ0v) is 19.3. The van der Waals surface area contributed by atoms with Gasteiger partial charge in [-0.1, -0.05) is 33.4 Å². The van der Waals surface area contributed by atoms with Gasteiger partial charge in [0, 0.05) is 12.3 Å². The average Bonchev–Trinajstić information content (AvgIpc) is 2.49. The van der Waals surface area contributed by atoms with Gasteiger partial charge in [-0.15, -0.1) is 0 Å². The van der Waals surface area contributed by atoms with Gasteiger partial charge in [0.2, 0.25) is 0 Å². The van der Waals surface area contributed by atoms with E-state index in [2.05, 4.69) is 51.8 Å². The van der Waals surface area contributed by atoms with E-state index in [4.69, 9.17) is 14.2 Å². The molecule has 7 heteroatoms. The maximum Gasteiger partial charge on any atom is 0.348 e. The van der Waals surface area contributed by atoms with Crippen LogP contribution in [0.3, 0.4) is 0 Å². The number of halogens is 2. The Balaban J connectivity index is 2.35. The molecule has 140 valence electrons. The summed E-state index contributed by atoms with van der Waals surface area (Å²) in [5, 5.41) is 0. The summed E-state index contributed by atoms with van der Waals surface area (Å²) < 4.78 is 18.2. The van der Waals surface area contributed by atoms with Crippen molar-refractivity contribution >= 4 is 63.2 Å². The molecule has 0 spiro atoms. The molecule has 0 aliphatic carbocycles. The highest BCUT2D eigenvalue weighted by molar-refractivity contribution is 14.1. The smallest absolute Gasteiger partial charge is 0.348 e. The lowest BCUT2D eigenvalue weighted by molar-refractivity contribution is -0.261. The Labute approximate surface area is 180 Å². The van der Waals surface area contributed by atoms with E-state index in [9.17, 15) is 9.59 Å². The standard InChI is InChI=1S/C19H20I2O5/c1-6-7-24-15-13(20)9-11(10-14(15)21)8-12-16(22)25-19(5,18(2,3)4)26-17(12)23/h6,8-10H,1,7H2,2-5H3. The molecule has 1 aromatic rings. The molecule has 0 atom stereocenters. The van der Waals surface area contributed by atoms with Gasteiger partial charge < -0.3 is 14.2 Å². The highest BCUT2D eigenvalue weighted by Crippen LogP contribution is 2.39. The maximum absolute atomic E-state index is 12.4. The van der Waals surface area contributed by atoms with Crippen LogP contribution in [0.5, 0.6) is 5.75 Å². The SMILES string of the molecule is C=CCOc1c(I)cc(C=C2C(=O)OC(C)(C(C)(C)C)OC2=O)cc1I. The highest BCUT2D eigenvalue weighted by Gasteiger charge is 2.50. The fourth-order valence-corrected chi connectivity index (χ4v) is 4.23. The van der Waals surface area contributed by atoms with Crippen molar-refractivity contribution in [3.8, 4) is 5.75 Å². The second-order valence-electron chi connectivity index (χ2n) is 6.95. The largest absolute Gasteiger partial charge is 0.487 e. The van der Waals surface area contributed by atoms with E-state index in [0.29, 0.717) is 12.2 Å². The quantitative estimate of drug-likeness (QED) is 0.169. The zero-order chi connectivity index (χ0) is 19.7. The van der Waals surface area contributed by atoms with Gasteiger partial charge in [0.05, 0.1) is 7.14 Å². The number of carbonyl (C=O) groups is 2. The molecule has 1 aromatic carbocycles. The van der Waals surface area contributed by atoms with Crippen LogP contribution in [0.4, 0.5) is 0 Å². The second kappa shape index (κ2) is 7.87. The number of ether oxygens (including phenoxy) is 3. The highest BCUT2D eigenvalue weighted by atomic mass is 127. The summed E-state index contributed by atoms with van der Waals surface area (Å²) in [6.45, 7) is 11.2. The van der Waals surface area contributed by atoms with Crippen molar-refractivity contribution in [1.29, 1.82) is 0 Å². The molecule has 0 bridgehead atoms. The minimum absolute atomic E-state index is 0.127. The predicted molar refractivity (Wildman–Crippen MR) is 116 cm³/mol. The molecule has 1 saturated heterocycles. The summed E-state index contributed by atoms with van der Waals surface area (Å²) in [7, 11) is 0. The molecule has 5 nitrogen and oxygen atoms in total. The van der Waals surface area contributed by atoms with Gasteiger partial charge in [0.25, 0.3) is 5.79 Å². The van der Waals surface area contributed by atoms with Crippen LogP contribution >= 0.6 is 45.2 Å². The van der Waals surface area contributed by atoms with Crippen LogP contribution in [-0.4, -0.2) is 24.3 Å². The molecule has 1 aliphatic rings. The van der Waals surface area contributed by atoms with E-state index >= 15 is 0 Å². The number of hydrogen-bond acceptors (Lipinski definition) is 5. The first-order valence-corrected chi connectivity index (χ1v) is 10.1. The van der Waals surface area contributed by atoms with Crippen LogP contribution in [0.2, 0.25) is 0 Å². The van der Waals surface area contributed by atoms with Gasteiger partial charge in [-0.05, 0) is 69.0 Å². The van der Waals surface area contributed by atoms with Crippen molar-refractivity contribution < 1.29 is 23.8 Å². The number of cyclic esters (lactones) is 2. The van der Waals surface area contributed by atoms with Crippen LogP contribution in [0, 0.1) is 12.6 Å². The lowest BCUT2D eigenvalue weighted by Gasteiger charge is -2.42. The molecule has 1 heterocycles. The lowest BCUT2D eigenvalue weighted by Crippen LogP contribution is -2.52. The third-order valence-electron chi connectivity index (χ3n) is 4.05. The van der Waals surface area contributed by atoms with Crippen molar-refractivity contribution in [1.82, 2.24) is 0 Å². The molecule has 0 unspecified atom stereocenters. The number of esters is 2. The lowest BCUT2D eigenvalue weighted by atomic mass is 9.85.